The molecule has 124 valence electrons. The molecule has 0 aliphatic heterocycles. The topological polar surface area (TPSA) is 36.4 Å². The average Bonchev–Trinajstić information content (AvgIpc) is 2.45. The molecule has 1 rings (SSSR count). The number of thioether (sulfide) groups is 1. The van der Waals surface area contributed by atoms with Crippen molar-refractivity contribution in [1.29, 1.82) is 0 Å². The van der Waals surface area contributed by atoms with Crippen LogP contribution in [0.15, 0.2) is 34.2 Å². The first-order valence-electron chi connectivity index (χ1n) is 6.80. The minimum atomic E-state index is -4.17. The van der Waals surface area contributed by atoms with Crippen LogP contribution in [0.3, 0.4) is 0 Å². The first-order chi connectivity index (χ1) is 10.4. The van der Waals surface area contributed by atoms with E-state index in [1.807, 2.05) is 0 Å². The minimum absolute atomic E-state index is 0.201. The maximum Gasteiger partial charge on any atom is 0.390 e. The number of alkyl halides is 3. The molecular weight excluding hydrogens is 318 g/mol. The van der Waals surface area contributed by atoms with Crippen molar-refractivity contribution < 1.29 is 17.6 Å². The molecule has 0 heterocycles. The van der Waals surface area contributed by atoms with Crippen LogP contribution in [0.2, 0.25) is 0 Å². The summed E-state index contributed by atoms with van der Waals surface area (Å²) in [5.74, 6) is 0.911. The fourth-order valence-electron chi connectivity index (χ4n) is 1.54. The first kappa shape index (κ1) is 18.6. The van der Waals surface area contributed by atoms with Crippen molar-refractivity contribution in [2.24, 2.45) is 4.99 Å². The summed E-state index contributed by atoms with van der Waals surface area (Å²) in [6.45, 7) is 0.396. The molecule has 0 saturated carbocycles. The SMILES string of the molecule is CN=C(NCCCSc1ccc(F)cc1)NCCC(F)(F)F. The number of hydrogen-bond acceptors (Lipinski definition) is 2. The number of benzene rings is 1. The van der Waals surface area contributed by atoms with E-state index < -0.39 is 12.6 Å². The van der Waals surface area contributed by atoms with Crippen molar-refractivity contribution >= 4 is 17.7 Å². The Balaban J connectivity index is 2.13. The van der Waals surface area contributed by atoms with Crippen LogP contribution in [-0.4, -0.2) is 38.0 Å². The van der Waals surface area contributed by atoms with Crippen LogP contribution in [0.25, 0.3) is 0 Å². The largest absolute Gasteiger partial charge is 0.390 e. The molecule has 1 aromatic rings. The van der Waals surface area contributed by atoms with Crippen LogP contribution in [0, 0.1) is 5.82 Å². The molecular formula is C14H19F4N3S. The van der Waals surface area contributed by atoms with Gasteiger partial charge in [-0.3, -0.25) is 4.99 Å². The maximum absolute atomic E-state index is 12.7. The molecule has 1 aromatic carbocycles. The molecule has 2 N–H and O–H groups in total. The van der Waals surface area contributed by atoms with E-state index in [9.17, 15) is 17.6 Å². The van der Waals surface area contributed by atoms with Gasteiger partial charge in [-0.1, -0.05) is 0 Å². The van der Waals surface area contributed by atoms with Gasteiger partial charge in [0.2, 0.25) is 0 Å². The summed E-state index contributed by atoms with van der Waals surface area (Å²) in [5.41, 5.74) is 0. The lowest BCUT2D eigenvalue weighted by molar-refractivity contribution is -0.132. The van der Waals surface area contributed by atoms with Gasteiger partial charge in [0.25, 0.3) is 0 Å². The molecule has 0 spiro atoms. The van der Waals surface area contributed by atoms with Gasteiger partial charge < -0.3 is 10.6 Å². The fraction of sp³-hybridized carbons (Fsp3) is 0.500. The smallest absolute Gasteiger partial charge is 0.356 e. The van der Waals surface area contributed by atoms with Crippen molar-refractivity contribution in [3.63, 3.8) is 0 Å². The number of nitrogens with zero attached hydrogens (tertiary/aromatic N) is 1. The lowest BCUT2D eigenvalue weighted by Crippen LogP contribution is -2.39. The lowest BCUT2D eigenvalue weighted by atomic mass is 10.4. The third-order valence-electron chi connectivity index (χ3n) is 2.62. The van der Waals surface area contributed by atoms with E-state index in [0.29, 0.717) is 12.5 Å². The number of aliphatic imine (C=N–C) groups is 1. The third kappa shape index (κ3) is 8.76. The van der Waals surface area contributed by atoms with Gasteiger partial charge in [0.15, 0.2) is 5.96 Å². The second-order valence-electron chi connectivity index (χ2n) is 4.45. The van der Waals surface area contributed by atoms with Crippen LogP contribution < -0.4 is 10.6 Å². The van der Waals surface area contributed by atoms with Crippen LogP contribution in [0.4, 0.5) is 17.6 Å². The van der Waals surface area contributed by atoms with Crippen molar-refractivity contribution in [2.45, 2.75) is 23.9 Å². The van der Waals surface area contributed by atoms with E-state index >= 15 is 0 Å². The second kappa shape index (κ2) is 9.55. The molecule has 0 radical (unpaired) electrons. The standard InChI is InChI=1S/C14H19F4N3S/c1-19-13(21-9-7-14(16,17)18)20-8-2-10-22-12-5-3-11(15)4-6-12/h3-6H,2,7-10H2,1H3,(H2,19,20,21). The summed E-state index contributed by atoms with van der Waals surface area (Å²) >= 11 is 1.59. The van der Waals surface area contributed by atoms with E-state index in [0.717, 1.165) is 17.1 Å². The molecule has 8 heteroatoms. The summed E-state index contributed by atoms with van der Waals surface area (Å²) in [4.78, 5) is 4.83. The quantitative estimate of drug-likeness (QED) is 0.263. The number of halogens is 4. The van der Waals surface area contributed by atoms with Gasteiger partial charge in [-0.05, 0) is 36.4 Å². The molecule has 3 nitrogen and oxygen atoms in total. The highest BCUT2D eigenvalue weighted by Gasteiger charge is 2.26. The van der Waals surface area contributed by atoms with Crippen molar-refractivity contribution in [2.75, 3.05) is 25.9 Å². The second-order valence-corrected chi connectivity index (χ2v) is 5.62. The van der Waals surface area contributed by atoms with Gasteiger partial charge in [0, 0.05) is 25.0 Å². The fourth-order valence-corrected chi connectivity index (χ4v) is 2.40. The highest BCUT2D eigenvalue weighted by molar-refractivity contribution is 7.99. The molecule has 0 fully saturated rings. The lowest BCUT2D eigenvalue weighted by Gasteiger charge is -2.12. The molecule has 0 aliphatic carbocycles. The first-order valence-corrected chi connectivity index (χ1v) is 7.79. The Morgan fingerprint density at radius 3 is 2.36 bits per heavy atom. The zero-order valence-corrected chi connectivity index (χ0v) is 13.0. The Hall–Kier alpha value is -1.44. The molecule has 0 atom stereocenters. The minimum Gasteiger partial charge on any atom is -0.356 e. The van der Waals surface area contributed by atoms with Gasteiger partial charge in [-0.25, -0.2) is 4.39 Å². The van der Waals surface area contributed by atoms with E-state index in [2.05, 4.69) is 15.6 Å². The summed E-state index contributed by atoms with van der Waals surface area (Å²) in [6, 6.07) is 6.25. The summed E-state index contributed by atoms with van der Waals surface area (Å²) in [7, 11) is 1.51. The van der Waals surface area contributed by atoms with Gasteiger partial charge in [0.05, 0.1) is 6.42 Å². The number of rotatable bonds is 7. The van der Waals surface area contributed by atoms with E-state index in [-0.39, 0.29) is 12.4 Å². The Morgan fingerprint density at radius 1 is 1.14 bits per heavy atom. The molecule has 0 aromatic heterocycles. The van der Waals surface area contributed by atoms with Crippen molar-refractivity contribution in [1.82, 2.24) is 10.6 Å². The third-order valence-corrected chi connectivity index (χ3v) is 3.72. The van der Waals surface area contributed by atoms with Crippen LogP contribution in [0.1, 0.15) is 12.8 Å². The summed E-state index contributed by atoms with van der Waals surface area (Å²) < 4.78 is 48.8. The van der Waals surface area contributed by atoms with E-state index in [4.69, 9.17) is 0 Å². The molecule has 0 aliphatic rings. The predicted octanol–water partition coefficient (Wildman–Crippen LogP) is 3.43. The zero-order valence-electron chi connectivity index (χ0n) is 12.2. The highest BCUT2D eigenvalue weighted by atomic mass is 32.2. The highest BCUT2D eigenvalue weighted by Crippen LogP contribution is 2.19. The van der Waals surface area contributed by atoms with Crippen molar-refractivity contribution in [3.05, 3.63) is 30.1 Å². The monoisotopic (exact) mass is 337 g/mol. The van der Waals surface area contributed by atoms with Crippen LogP contribution >= 0.6 is 11.8 Å². The Labute approximate surface area is 131 Å². The molecule has 0 bridgehead atoms. The van der Waals surface area contributed by atoms with E-state index in [1.54, 1.807) is 23.9 Å². The van der Waals surface area contributed by atoms with Crippen LogP contribution in [0.5, 0.6) is 0 Å². The Morgan fingerprint density at radius 2 is 1.77 bits per heavy atom. The normalized spacial score (nSPS) is 12.3. The zero-order chi connectivity index (χ0) is 16.4. The molecule has 0 amide bonds. The number of guanidine groups is 1. The maximum atomic E-state index is 12.7. The Kier molecular flexibility index (Phi) is 8.08. The molecule has 0 unspecified atom stereocenters. The predicted molar refractivity (Wildman–Crippen MR) is 81.8 cm³/mol. The Bertz CT molecular complexity index is 460. The molecule has 0 saturated heterocycles. The summed E-state index contributed by atoms with van der Waals surface area (Å²) in [5, 5.41) is 5.56. The number of hydrogen-bond donors (Lipinski definition) is 2. The van der Waals surface area contributed by atoms with Gasteiger partial charge >= 0.3 is 6.18 Å². The average molecular weight is 337 g/mol. The van der Waals surface area contributed by atoms with Gasteiger partial charge in [-0.2, -0.15) is 13.2 Å². The van der Waals surface area contributed by atoms with E-state index in [1.165, 1.54) is 19.2 Å². The molecule has 22 heavy (non-hydrogen) atoms. The van der Waals surface area contributed by atoms with Crippen molar-refractivity contribution in [3.8, 4) is 0 Å². The van der Waals surface area contributed by atoms with Gasteiger partial charge in [-0.15, -0.1) is 11.8 Å². The summed E-state index contributed by atoms with van der Waals surface area (Å²) in [6.07, 6.45) is -4.26. The number of nitrogens with one attached hydrogen (secondary N) is 2. The van der Waals surface area contributed by atoms with Crippen LogP contribution in [-0.2, 0) is 0 Å². The van der Waals surface area contributed by atoms with Gasteiger partial charge in [0.1, 0.15) is 5.82 Å².